The summed E-state index contributed by atoms with van der Waals surface area (Å²) in [6.07, 6.45) is 2.75. The normalized spacial score (nSPS) is 26.4. The number of aliphatic hydroxyl groups is 1. The second kappa shape index (κ2) is 4.69. The highest BCUT2D eigenvalue weighted by molar-refractivity contribution is 5.40. The first-order valence-electron chi connectivity index (χ1n) is 6.50. The molecule has 2 heteroatoms. The first-order chi connectivity index (χ1) is 8.19. The van der Waals surface area contributed by atoms with Crippen LogP contribution in [0, 0.1) is 5.41 Å². The summed E-state index contributed by atoms with van der Waals surface area (Å²) >= 11 is 0. The molecule has 1 aromatic rings. The molecule has 17 heavy (non-hydrogen) atoms. The molecule has 2 nitrogen and oxygen atoms in total. The minimum absolute atomic E-state index is 0.0502. The van der Waals surface area contributed by atoms with E-state index in [1.807, 2.05) is 12.1 Å². The van der Waals surface area contributed by atoms with Crippen LogP contribution >= 0.6 is 0 Å². The van der Waals surface area contributed by atoms with Gasteiger partial charge in [-0.3, -0.25) is 0 Å². The largest absolute Gasteiger partial charge is 0.496 e. The van der Waals surface area contributed by atoms with Gasteiger partial charge in [-0.25, -0.2) is 0 Å². The van der Waals surface area contributed by atoms with Crippen LogP contribution < -0.4 is 4.74 Å². The van der Waals surface area contributed by atoms with Crippen LogP contribution in [0.25, 0.3) is 0 Å². The van der Waals surface area contributed by atoms with Gasteiger partial charge in [0.1, 0.15) is 5.75 Å². The Morgan fingerprint density at radius 1 is 1.29 bits per heavy atom. The van der Waals surface area contributed by atoms with E-state index in [0.29, 0.717) is 5.92 Å². The Balaban J connectivity index is 2.35. The molecule has 1 aromatic carbocycles. The molecule has 2 rings (SSSR count). The van der Waals surface area contributed by atoms with Crippen molar-refractivity contribution in [2.24, 2.45) is 5.41 Å². The molecule has 2 atom stereocenters. The molecule has 0 amide bonds. The van der Waals surface area contributed by atoms with Gasteiger partial charge in [0, 0.05) is 5.41 Å². The maximum Gasteiger partial charge on any atom is 0.122 e. The van der Waals surface area contributed by atoms with Crippen LogP contribution in [0.3, 0.4) is 0 Å². The molecule has 1 N–H and O–H groups in total. The van der Waals surface area contributed by atoms with E-state index in [0.717, 1.165) is 25.0 Å². The Bertz CT molecular complexity index is 382. The maximum absolute atomic E-state index is 10.1. The molecule has 0 heterocycles. The molecule has 0 aliphatic heterocycles. The third-order valence-electron chi connectivity index (χ3n) is 4.65. The Labute approximate surface area is 104 Å². The lowest BCUT2D eigenvalue weighted by Gasteiger charge is -2.54. The summed E-state index contributed by atoms with van der Waals surface area (Å²) in [7, 11) is 1.72. The Morgan fingerprint density at radius 3 is 2.47 bits per heavy atom. The molecular weight excluding hydrogens is 212 g/mol. The topological polar surface area (TPSA) is 29.5 Å². The zero-order valence-electron chi connectivity index (χ0n) is 10.9. The van der Waals surface area contributed by atoms with Crippen molar-refractivity contribution in [1.82, 2.24) is 0 Å². The lowest BCUT2D eigenvalue weighted by molar-refractivity contribution is -0.0936. The number of para-hydroxylation sites is 1. The fourth-order valence-corrected chi connectivity index (χ4v) is 3.37. The van der Waals surface area contributed by atoms with Crippen LogP contribution in [0.15, 0.2) is 24.3 Å². The van der Waals surface area contributed by atoms with E-state index >= 15 is 0 Å². The highest BCUT2D eigenvalue weighted by atomic mass is 16.5. The van der Waals surface area contributed by atoms with Crippen molar-refractivity contribution in [1.29, 1.82) is 0 Å². The average Bonchev–Trinajstić information content (AvgIpc) is 2.37. The molecule has 0 bridgehead atoms. The first-order valence-corrected chi connectivity index (χ1v) is 6.50. The van der Waals surface area contributed by atoms with E-state index in [2.05, 4.69) is 26.0 Å². The van der Waals surface area contributed by atoms with Crippen LogP contribution in [-0.4, -0.2) is 18.3 Å². The van der Waals surface area contributed by atoms with Gasteiger partial charge in [-0.15, -0.1) is 0 Å². The molecule has 1 saturated carbocycles. The van der Waals surface area contributed by atoms with E-state index < -0.39 is 0 Å². The molecule has 0 aromatic heterocycles. The minimum atomic E-state index is -0.160. The van der Waals surface area contributed by atoms with Crippen LogP contribution in [0.2, 0.25) is 0 Å². The third-order valence-corrected chi connectivity index (χ3v) is 4.65. The number of methoxy groups -OCH3 is 1. The predicted octanol–water partition coefficient (Wildman–Crippen LogP) is 3.35. The monoisotopic (exact) mass is 234 g/mol. The van der Waals surface area contributed by atoms with E-state index in [9.17, 15) is 5.11 Å². The van der Waals surface area contributed by atoms with E-state index in [-0.39, 0.29) is 11.5 Å². The van der Waals surface area contributed by atoms with Crippen molar-refractivity contribution in [2.45, 2.75) is 45.1 Å². The second-order valence-electron chi connectivity index (χ2n) is 4.99. The van der Waals surface area contributed by atoms with Gasteiger partial charge in [-0.1, -0.05) is 32.0 Å². The Morgan fingerprint density at radius 2 is 1.94 bits per heavy atom. The van der Waals surface area contributed by atoms with Gasteiger partial charge < -0.3 is 9.84 Å². The summed E-state index contributed by atoms with van der Waals surface area (Å²) in [5.74, 6) is 1.39. The Kier molecular flexibility index (Phi) is 3.43. The fraction of sp³-hybridized carbons (Fsp3) is 0.600. The number of hydrogen-bond acceptors (Lipinski definition) is 2. The average molecular weight is 234 g/mol. The lowest BCUT2D eigenvalue weighted by atomic mass is 9.53. The van der Waals surface area contributed by atoms with Crippen LogP contribution in [0.1, 0.15) is 44.6 Å². The fourth-order valence-electron chi connectivity index (χ4n) is 3.37. The second-order valence-corrected chi connectivity index (χ2v) is 4.99. The standard InChI is InChI=1S/C15H22O2/c1-4-15(5-2)12(10-14(15)16)11-8-6-7-9-13(11)17-3/h6-9,12,14,16H,4-5,10H2,1-3H3. The zero-order valence-corrected chi connectivity index (χ0v) is 10.9. The summed E-state index contributed by atoms with van der Waals surface area (Å²) in [6.45, 7) is 4.35. The summed E-state index contributed by atoms with van der Waals surface area (Å²) in [6, 6.07) is 8.20. The van der Waals surface area contributed by atoms with Crippen molar-refractivity contribution in [3.63, 3.8) is 0 Å². The van der Waals surface area contributed by atoms with Crippen molar-refractivity contribution in [3.8, 4) is 5.75 Å². The summed E-state index contributed by atoms with van der Waals surface area (Å²) in [5, 5.41) is 10.1. The van der Waals surface area contributed by atoms with Gasteiger partial charge in [0.2, 0.25) is 0 Å². The molecule has 0 saturated heterocycles. The Hall–Kier alpha value is -1.02. The molecule has 0 radical (unpaired) electrons. The van der Waals surface area contributed by atoms with E-state index in [1.54, 1.807) is 7.11 Å². The van der Waals surface area contributed by atoms with Gasteiger partial charge >= 0.3 is 0 Å². The number of ether oxygens (including phenoxy) is 1. The van der Waals surface area contributed by atoms with Gasteiger partial charge in [-0.05, 0) is 36.8 Å². The van der Waals surface area contributed by atoms with Crippen LogP contribution in [0.5, 0.6) is 5.75 Å². The molecule has 94 valence electrons. The van der Waals surface area contributed by atoms with Crippen molar-refractivity contribution in [2.75, 3.05) is 7.11 Å². The first kappa shape index (κ1) is 12.4. The van der Waals surface area contributed by atoms with Gasteiger partial charge in [-0.2, -0.15) is 0 Å². The van der Waals surface area contributed by atoms with E-state index in [4.69, 9.17) is 4.74 Å². The molecular formula is C15H22O2. The van der Waals surface area contributed by atoms with Crippen molar-refractivity contribution in [3.05, 3.63) is 29.8 Å². The van der Waals surface area contributed by atoms with Gasteiger partial charge in [0.25, 0.3) is 0 Å². The predicted molar refractivity (Wildman–Crippen MR) is 69.4 cm³/mol. The molecule has 1 aliphatic carbocycles. The van der Waals surface area contributed by atoms with Gasteiger partial charge in [0.15, 0.2) is 0 Å². The van der Waals surface area contributed by atoms with E-state index in [1.165, 1.54) is 5.56 Å². The SMILES string of the molecule is CCC1(CC)C(O)CC1c1ccccc1OC. The number of hydrogen-bond donors (Lipinski definition) is 1. The van der Waals surface area contributed by atoms with Gasteiger partial charge in [0.05, 0.1) is 13.2 Å². The highest BCUT2D eigenvalue weighted by Gasteiger charge is 2.52. The molecule has 2 unspecified atom stereocenters. The quantitative estimate of drug-likeness (QED) is 0.865. The van der Waals surface area contributed by atoms with Crippen LogP contribution in [-0.2, 0) is 0 Å². The zero-order chi connectivity index (χ0) is 12.5. The molecule has 0 spiro atoms. The maximum atomic E-state index is 10.1. The summed E-state index contributed by atoms with van der Waals surface area (Å²) < 4.78 is 5.44. The third kappa shape index (κ3) is 1.75. The smallest absolute Gasteiger partial charge is 0.122 e. The van der Waals surface area contributed by atoms with Crippen LogP contribution in [0.4, 0.5) is 0 Å². The highest BCUT2D eigenvalue weighted by Crippen LogP contribution is 2.58. The summed E-state index contributed by atoms with van der Waals surface area (Å²) in [5.41, 5.74) is 1.30. The summed E-state index contributed by atoms with van der Waals surface area (Å²) in [4.78, 5) is 0. The number of benzene rings is 1. The number of aliphatic hydroxyl groups excluding tert-OH is 1. The number of rotatable bonds is 4. The minimum Gasteiger partial charge on any atom is -0.496 e. The molecule has 1 aliphatic rings. The molecule has 1 fully saturated rings. The van der Waals surface area contributed by atoms with Crippen molar-refractivity contribution < 1.29 is 9.84 Å². The van der Waals surface area contributed by atoms with Crippen molar-refractivity contribution >= 4 is 0 Å². The lowest BCUT2D eigenvalue weighted by Crippen LogP contribution is -2.51.